The number of nitrogens with one attached hydrogen (secondary N) is 1. The highest BCUT2D eigenvalue weighted by molar-refractivity contribution is 9.10. The first kappa shape index (κ1) is 13.1. The SMILES string of the molecule is Clc1cnc(Nc2cc(Br)ccc2Cl)c(Br)c1. The average Bonchev–Trinajstić information content (AvgIpc) is 2.27. The Hall–Kier alpha value is -0.290. The van der Waals surface area contributed by atoms with Gasteiger partial charge in [0.2, 0.25) is 0 Å². The molecule has 1 aromatic heterocycles. The molecule has 6 heteroatoms. The minimum Gasteiger partial charge on any atom is -0.338 e. The number of hydrogen-bond acceptors (Lipinski definition) is 2. The monoisotopic (exact) mass is 394 g/mol. The second-order valence-corrected chi connectivity index (χ2v) is 5.85. The third kappa shape index (κ3) is 3.35. The van der Waals surface area contributed by atoms with Crippen LogP contribution < -0.4 is 5.32 Å². The third-order valence-corrected chi connectivity index (χ3v) is 3.62. The Bertz CT molecular complexity index is 561. The molecule has 0 fully saturated rings. The standard InChI is InChI=1S/C11H6Br2Cl2N2/c12-6-1-2-9(15)10(3-6)17-11-8(13)4-7(14)5-16-11/h1-5H,(H,16,17). The van der Waals surface area contributed by atoms with Gasteiger partial charge in [0, 0.05) is 10.7 Å². The summed E-state index contributed by atoms with van der Waals surface area (Å²) in [6.07, 6.45) is 1.57. The van der Waals surface area contributed by atoms with Crippen molar-refractivity contribution in [2.75, 3.05) is 5.32 Å². The van der Waals surface area contributed by atoms with Gasteiger partial charge in [-0.1, -0.05) is 39.1 Å². The number of halogens is 4. The predicted molar refractivity (Wildman–Crippen MR) is 79.4 cm³/mol. The van der Waals surface area contributed by atoms with E-state index in [2.05, 4.69) is 42.2 Å². The van der Waals surface area contributed by atoms with Gasteiger partial charge in [-0.05, 0) is 40.2 Å². The fourth-order valence-electron chi connectivity index (χ4n) is 1.23. The Labute approximate surface area is 126 Å². The zero-order valence-corrected chi connectivity index (χ0v) is 13.0. The van der Waals surface area contributed by atoms with Gasteiger partial charge in [0.05, 0.1) is 20.2 Å². The molecule has 1 aromatic carbocycles. The quantitative estimate of drug-likeness (QED) is 0.708. The van der Waals surface area contributed by atoms with E-state index in [1.807, 2.05) is 12.1 Å². The maximum Gasteiger partial charge on any atom is 0.144 e. The van der Waals surface area contributed by atoms with E-state index in [1.165, 1.54) is 0 Å². The molecule has 1 heterocycles. The summed E-state index contributed by atoms with van der Waals surface area (Å²) >= 11 is 18.7. The van der Waals surface area contributed by atoms with Crippen LogP contribution in [-0.2, 0) is 0 Å². The van der Waals surface area contributed by atoms with Gasteiger partial charge in [0.1, 0.15) is 5.82 Å². The van der Waals surface area contributed by atoms with Crippen molar-refractivity contribution >= 4 is 66.6 Å². The molecule has 0 amide bonds. The maximum atomic E-state index is 6.08. The van der Waals surface area contributed by atoms with E-state index in [0.29, 0.717) is 15.9 Å². The number of anilines is 2. The molecule has 0 bridgehead atoms. The highest BCUT2D eigenvalue weighted by atomic mass is 79.9. The Morgan fingerprint density at radius 2 is 1.88 bits per heavy atom. The highest BCUT2D eigenvalue weighted by Crippen LogP contribution is 2.31. The molecule has 0 aliphatic carbocycles. The van der Waals surface area contributed by atoms with E-state index >= 15 is 0 Å². The summed E-state index contributed by atoms with van der Waals surface area (Å²) < 4.78 is 1.72. The normalized spacial score (nSPS) is 10.4. The van der Waals surface area contributed by atoms with E-state index < -0.39 is 0 Å². The summed E-state index contributed by atoms with van der Waals surface area (Å²) in [5, 5.41) is 4.32. The van der Waals surface area contributed by atoms with Gasteiger partial charge in [-0.2, -0.15) is 0 Å². The Morgan fingerprint density at radius 3 is 2.59 bits per heavy atom. The molecule has 0 saturated carbocycles. The van der Waals surface area contributed by atoms with Gasteiger partial charge in [-0.15, -0.1) is 0 Å². The fraction of sp³-hybridized carbons (Fsp3) is 0. The van der Waals surface area contributed by atoms with Crippen molar-refractivity contribution in [1.29, 1.82) is 0 Å². The summed E-state index contributed by atoms with van der Waals surface area (Å²) in [6.45, 7) is 0. The van der Waals surface area contributed by atoms with Crippen LogP contribution in [0, 0.1) is 0 Å². The van der Waals surface area contributed by atoms with Gasteiger partial charge in [0.15, 0.2) is 0 Å². The van der Waals surface area contributed by atoms with Crippen LogP contribution >= 0.6 is 55.1 Å². The Balaban J connectivity index is 2.34. The molecular formula is C11H6Br2Cl2N2. The van der Waals surface area contributed by atoms with Crippen LogP contribution in [0.25, 0.3) is 0 Å². The molecule has 0 unspecified atom stereocenters. The lowest BCUT2D eigenvalue weighted by molar-refractivity contribution is 1.29. The molecular weight excluding hydrogens is 391 g/mol. The molecule has 1 N–H and O–H groups in total. The van der Waals surface area contributed by atoms with Gasteiger partial charge < -0.3 is 5.32 Å². The predicted octanol–water partition coefficient (Wildman–Crippen LogP) is 5.66. The van der Waals surface area contributed by atoms with Gasteiger partial charge in [-0.25, -0.2) is 4.98 Å². The smallest absolute Gasteiger partial charge is 0.144 e. The second kappa shape index (κ2) is 5.57. The molecule has 0 spiro atoms. The van der Waals surface area contributed by atoms with Crippen LogP contribution in [0.1, 0.15) is 0 Å². The minimum absolute atomic E-state index is 0.572. The molecule has 0 saturated heterocycles. The van der Waals surface area contributed by atoms with Gasteiger partial charge >= 0.3 is 0 Å². The summed E-state index contributed by atoms with van der Waals surface area (Å²) in [4.78, 5) is 4.18. The van der Waals surface area contributed by atoms with Crippen LogP contribution in [-0.4, -0.2) is 4.98 Å². The maximum absolute atomic E-state index is 6.08. The molecule has 2 rings (SSSR count). The summed E-state index contributed by atoms with van der Waals surface area (Å²) in [7, 11) is 0. The number of hydrogen-bond donors (Lipinski definition) is 1. The second-order valence-electron chi connectivity index (χ2n) is 3.23. The van der Waals surface area contributed by atoms with Crippen molar-refractivity contribution < 1.29 is 0 Å². The van der Waals surface area contributed by atoms with Crippen molar-refractivity contribution in [3.8, 4) is 0 Å². The molecule has 0 radical (unpaired) electrons. The lowest BCUT2D eigenvalue weighted by atomic mass is 10.3. The molecule has 2 aromatic rings. The molecule has 2 nitrogen and oxygen atoms in total. The van der Waals surface area contributed by atoms with Crippen LogP contribution in [0.15, 0.2) is 39.4 Å². The van der Waals surface area contributed by atoms with Crippen LogP contribution in [0.2, 0.25) is 10.0 Å². The van der Waals surface area contributed by atoms with Crippen LogP contribution in [0.3, 0.4) is 0 Å². The van der Waals surface area contributed by atoms with E-state index in [9.17, 15) is 0 Å². The minimum atomic E-state index is 0.572. The van der Waals surface area contributed by atoms with E-state index in [0.717, 1.165) is 14.6 Å². The number of pyridine rings is 1. The Morgan fingerprint density at radius 1 is 1.12 bits per heavy atom. The number of nitrogens with zero attached hydrogens (tertiary/aromatic N) is 1. The lowest BCUT2D eigenvalue weighted by Crippen LogP contribution is -1.95. The van der Waals surface area contributed by atoms with Crippen LogP contribution in [0.4, 0.5) is 11.5 Å². The highest BCUT2D eigenvalue weighted by Gasteiger charge is 2.06. The zero-order chi connectivity index (χ0) is 12.4. The fourth-order valence-corrected chi connectivity index (χ4v) is 2.49. The number of benzene rings is 1. The largest absolute Gasteiger partial charge is 0.338 e. The lowest BCUT2D eigenvalue weighted by Gasteiger charge is -2.09. The van der Waals surface area contributed by atoms with Gasteiger partial charge in [-0.3, -0.25) is 0 Å². The molecule has 0 aliphatic rings. The van der Waals surface area contributed by atoms with E-state index in [1.54, 1.807) is 18.3 Å². The summed E-state index contributed by atoms with van der Waals surface area (Å²) in [5.41, 5.74) is 0.775. The van der Waals surface area contributed by atoms with Crippen molar-refractivity contribution in [2.24, 2.45) is 0 Å². The van der Waals surface area contributed by atoms with Crippen molar-refractivity contribution in [1.82, 2.24) is 4.98 Å². The van der Waals surface area contributed by atoms with Crippen molar-refractivity contribution in [2.45, 2.75) is 0 Å². The summed E-state index contributed by atoms with van der Waals surface area (Å²) in [5.74, 6) is 0.661. The average molecular weight is 397 g/mol. The number of rotatable bonds is 2. The van der Waals surface area contributed by atoms with E-state index in [4.69, 9.17) is 23.2 Å². The first-order chi connectivity index (χ1) is 8.06. The topological polar surface area (TPSA) is 24.9 Å². The van der Waals surface area contributed by atoms with Crippen molar-refractivity contribution in [3.63, 3.8) is 0 Å². The first-order valence-corrected chi connectivity index (χ1v) is 6.93. The third-order valence-electron chi connectivity index (χ3n) is 1.99. The molecule has 88 valence electrons. The number of aromatic nitrogens is 1. The van der Waals surface area contributed by atoms with E-state index in [-0.39, 0.29) is 0 Å². The molecule has 0 atom stereocenters. The first-order valence-electron chi connectivity index (χ1n) is 4.59. The van der Waals surface area contributed by atoms with Gasteiger partial charge in [0.25, 0.3) is 0 Å². The van der Waals surface area contributed by atoms with Crippen LogP contribution in [0.5, 0.6) is 0 Å². The molecule has 17 heavy (non-hydrogen) atoms. The Kier molecular flexibility index (Phi) is 4.31. The van der Waals surface area contributed by atoms with Crippen molar-refractivity contribution in [3.05, 3.63) is 49.5 Å². The zero-order valence-electron chi connectivity index (χ0n) is 8.35. The molecule has 0 aliphatic heterocycles. The summed E-state index contributed by atoms with van der Waals surface area (Å²) in [6, 6.07) is 7.32.